The van der Waals surface area contributed by atoms with E-state index in [-0.39, 0.29) is 0 Å². The molecule has 1 rings (SSSR count). The molecule has 0 saturated carbocycles. The second-order valence-corrected chi connectivity index (χ2v) is 4.66. The topological polar surface area (TPSA) is 32.3 Å². The third-order valence-corrected chi connectivity index (χ3v) is 3.57. The van der Waals surface area contributed by atoms with Crippen molar-refractivity contribution < 1.29 is 4.79 Å². The van der Waals surface area contributed by atoms with Crippen LogP contribution in [0.1, 0.15) is 39.5 Å². The molecule has 1 aliphatic heterocycles. The second-order valence-electron chi connectivity index (χ2n) is 4.66. The van der Waals surface area contributed by atoms with Gasteiger partial charge < -0.3 is 10.2 Å². The predicted octanol–water partition coefficient (Wildman–Crippen LogP) is 1.63. The molecule has 0 bridgehead atoms. The van der Waals surface area contributed by atoms with Crippen LogP contribution in [0.4, 0.5) is 0 Å². The van der Waals surface area contributed by atoms with Gasteiger partial charge in [-0.15, -0.1) is 0 Å². The molecule has 0 aliphatic carbocycles. The highest BCUT2D eigenvalue weighted by Gasteiger charge is 2.20. The summed E-state index contributed by atoms with van der Waals surface area (Å²) in [6, 6.07) is 0.374. The Morgan fingerprint density at radius 1 is 1.47 bits per heavy atom. The van der Waals surface area contributed by atoms with E-state index >= 15 is 0 Å². The maximum atomic E-state index is 11.9. The van der Waals surface area contributed by atoms with Crippen LogP contribution in [0.3, 0.4) is 0 Å². The Hall–Kier alpha value is -0.570. The Labute approximate surface area is 93.2 Å². The maximum Gasteiger partial charge on any atom is 0.222 e. The Bertz CT molecular complexity index is 200. The lowest BCUT2D eigenvalue weighted by atomic mass is 9.94. The minimum absolute atomic E-state index is 0.316. The summed E-state index contributed by atoms with van der Waals surface area (Å²) in [7, 11) is 1.93. The van der Waals surface area contributed by atoms with E-state index in [4.69, 9.17) is 0 Å². The van der Waals surface area contributed by atoms with E-state index in [9.17, 15) is 4.79 Å². The molecular formula is C12H24N2O. The number of nitrogens with one attached hydrogen (secondary N) is 1. The Morgan fingerprint density at radius 2 is 2.07 bits per heavy atom. The number of carbonyl (C=O) groups excluding carboxylic acids is 1. The number of hydrogen-bond donors (Lipinski definition) is 1. The molecule has 0 aromatic carbocycles. The van der Waals surface area contributed by atoms with Crippen molar-refractivity contribution in [3.63, 3.8) is 0 Å². The van der Waals surface area contributed by atoms with Gasteiger partial charge in [0.2, 0.25) is 5.91 Å². The van der Waals surface area contributed by atoms with E-state index in [0.717, 1.165) is 38.8 Å². The highest BCUT2D eigenvalue weighted by atomic mass is 16.2. The molecule has 3 heteroatoms. The number of amides is 1. The van der Waals surface area contributed by atoms with Crippen molar-refractivity contribution in [2.45, 2.75) is 45.6 Å². The van der Waals surface area contributed by atoms with Gasteiger partial charge in [-0.2, -0.15) is 0 Å². The zero-order valence-corrected chi connectivity index (χ0v) is 10.3. The van der Waals surface area contributed by atoms with Gasteiger partial charge in [0.1, 0.15) is 0 Å². The van der Waals surface area contributed by atoms with E-state index in [1.54, 1.807) is 0 Å². The fourth-order valence-corrected chi connectivity index (χ4v) is 2.00. The molecule has 1 unspecified atom stereocenters. The summed E-state index contributed by atoms with van der Waals surface area (Å²) in [5.74, 6) is 0.918. The van der Waals surface area contributed by atoms with Crippen molar-refractivity contribution in [1.29, 1.82) is 0 Å². The van der Waals surface area contributed by atoms with Crippen LogP contribution in [0, 0.1) is 5.92 Å². The van der Waals surface area contributed by atoms with E-state index in [1.807, 2.05) is 11.9 Å². The summed E-state index contributed by atoms with van der Waals surface area (Å²) < 4.78 is 0. The summed E-state index contributed by atoms with van der Waals surface area (Å²) in [5, 5.41) is 3.33. The van der Waals surface area contributed by atoms with Crippen molar-refractivity contribution >= 4 is 5.91 Å². The van der Waals surface area contributed by atoms with Crippen LogP contribution in [0.5, 0.6) is 0 Å². The fraction of sp³-hybridized carbons (Fsp3) is 0.917. The van der Waals surface area contributed by atoms with Gasteiger partial charge in [-0.25, -0.2) is 0 Å². The summed E-state index contributed by atoms with van der Waals surface area (Å²) >= 11 is 0. The molecule has 1 saturated heterocycles. The van der Waals surface area contributed by atoms with Crippen LogP contribution in [0.2, 0.25) is 0 Å². The first-order chi connectivity index (χ1) is 7.15. The first-order valence-electron chi connectivity index (χ1n) is 6.11. The largest absolute Gasteiger partial charge is 0.343 e. The van der Waals surface area contributed by atoms with Gasteiger partial charge >= 0.3 is 0 Å². The molecule has 0 spiro atoms. The number of piperidine rings is 1. The van der Waals surface area contributed by atoms with Gasteiger partial charge in [0.25, 0.3) is 0 Å². The van der Waals surface area contributed by atoms with Crippen molar-refractivity contribution in [3.8, 4) is 0 Å². The lowest BCUT2D eigenvalue weighted by Crippen LogP contribution is -2.37. The number of rotatable bonds is 4. The van der Waals surface area contributed by atoms with Crippen LogP contribution in [-0.4, -0.2) is 37.0 Å². The number of nitrogens with zero attached hydrogens (tertiary/aromatic N) is 1. The fourth-order valence-electron chi connectivity index (χ4n) is 2.00. The molecule has 15 heavy (non-hydrogen) atoms. The molecule has 1 amide bonds. The van der Waals surface area contributed by atoms with Crippen molar-refractivity contribution in [3.05, 3.63) is 0 Å². The van der Waals surface area contributed by atoms with Crippen LogP contribution in [0.25, 0.3) is 0 Å². The normalized spacial score (nSPS) is 19.9. The van der Waals surface area contributed by atoms with Crippen molar-refractivity contribution in [2.75, 3.05) is 20.1 Å². The predicted molar refractivity (Wildman–Crippen MR) is 62.7 cm³/mol. The zero-order chi connectivity index (χ0) is 11.3. The average molecular weight is 212 g/mol. The number of hydrogen-bond acceptors (Lipinski definition) is 2. The average Bonchev–Trinajstić information content (AvgIpc) is 2.28. The SMILES string of the molecule is CCC(C)N(C)C(=O)CC1CCNCC1. The second kappa shape index (κ2) is 6.11. The molecule has 3 nitrogen and oxygen atoms in total. The maximum absolute atomic E-state index is 11.9. The third kappa shape index (κ3) is 3.82. The van der Waals surface area contributed by atoms with Crippen molar-refractivity contribution in [2.24, 2.45) is 5.92 Å². The molecule has 0 aromatic rings. The summed E-state index contributed by atoms with van der Waals surface area (Å²) in [5.41, 5.74) is 0. The lowest BCUT2D eigenvalue weighted by molar-refractivity contribution is -0.132. The third-order valence-electron chi connectivity index (χ3n) is 3.57. The molecule has 1 aliphatic rings. The molecule has 1 fully saturated rings. The molecule has 1 N–H and O–H groups in total. The van der Waals surface area contributed by atoms with Crippen LogP contribution < -0.4 is 5.32 Å². The summed E-state index contributed by atoms with van der Waals surface area (Å²) in [6.45, 7) is 6.38. The minimum Gasteiger partial charge on any atom is -0.343 e. The van der Waals surface area contributed by atoms with Crippen LogP contribution in [0.15, 0.2) is 0 Å². The highest BCUT2D eigenvalue weighted by Crippen LogP contribution is 2.17. The van der Waals surface area contributed by atoms with E-state index in [2.05, 4.69) is 19.2 Å². The van der Waals surface area contributed by atoms with Gasteiger partial charge in [-0.05, 0) is 45.2 Å². The van der Waals surface area contributed by atoms with Gasteiger partial charge in [-0.3, -0.25) is 4.79 Å². The molecular weight excluding hydrogens is 188 g/mol. The van der Waals surface area contributed by atoms with Crippen LogP contribution >= 0.6 is 0 Å². The highest BCUT2D eigenvalue weighted by molar-refractivity contribution is 5.76. The zero-order valence-electron chi connectivity index (χ0n) is 10.3. The Morgan fingerprint density at radius 3 is 2.60 bits per heavy atom. The standard InChI is InChI=1S/C12H24N2O/c1-4-10(2)14(3)12(15)9-11-5-7-13-8-6-11/h10-11,13H,4-9H2,1-3H3. The number of carbonyl (C=O) groups is 1. The lowest BCUT2D eigenvalue weighted by Gasteiger charge is -2.28. The molecule has 88 valence electrons. The summed E-state index contributed by atoms with van der Waals surface area (Å²) in [4.78, 5) is 13.8. The van der Waals surface area contributed by atoms with Gasteiger partial charge in [0.15, 0.2) is 0 Å². The first-order valence-corrected chi connectivity index (χ1v) is 6.11. The molecule has 1 heterocycles. The van der Waals surface area contributed by atoms with E-state index in [0.29, 0.717) is 17.9 Å². The van der Waals surface area contributed by atoms with Gasteiger partial charge in [0, 0.05) is 19.5 Å². The van der Waals surface area contributed by atoms with E-state index < -0.39 is 0 Å². The smallest absolute Gasteiger partial charge is 0.222 e. The first kappa shape index (κ1) is 12.5. The summed E-state index contributed by atoms with van der Waals surface area (Å²) in [6.07, 6.45) is 4.08. The molecule has 0 aromatic heterocycles. The van der Waals surface area contributed by atoms with Crippen molar-refractivity contribution in [1.82, 2.24) is 10.2 Å². The van der Waals surface area contributed by atoms with E-state index in [1.165, 1.54) is 0 Å². The Kier molecular flexibility index (Phi) is 5.09. The van der Waals surface area contributed by atoms with Gasteiger partial charge in [-0.1, -0.05) is 6.92 Å². The quantitative estimate of drug-likeness (QED) is 0.768. The Balaban J connectivity index is 2.33. The minimum atomic E-state index is 0.316. The monoisotopic (exact) mass is 212 g/mol. The van der Waals surface area contributed by atoms with Crippen LogP contribution in [-0.2, 0) is 4.79 Å². The molecule has 0 radical (unpaired) electrons. The molecule has 1 atom stereocenters. The van der Waals surface area contributed by atoms with Gasteiger partial charge in [0.05, 0.1) is 0 Å².